The Kier molecular flexibility index (Phi) is 18.9. The topological polar surface area (TPSA) is 9.23 Å². The van der Waals surface area contributed by atoms with Crippen molar-refractivity contribution in [3.8, 4) is 0 Å². The van der Waals surface area contributed by atoms with Gasteiger partial charge in [-0.3, -0.25) is 0 Å². The molecule has 124 valence electrons. The molecule has 0 aliphatic carbocycles. The Morgan fingerprint density at radius 1 is 0.667 bits per heavy atom. The summed E-state index contributed by atoms with van der Waals surface area (Å²) in [6.07, 6.45) is 23.6. The van der Waals surface area contributed by atoms with Crippen LogP contribution in [-0.4, -0.2) is 13.2 Å². The first-order valence-electron chi connectivity index (χ1n) is 9.25. The molecule has 0 atom stereocenters. The Balaban J connectivity index is 3.03. The van der Waals surface area contributed by atoms with Crippen LogP contribution >= 0.6 is 0 Å². The van der Waals surface area contributed by atoms with Gasteiger partial charge in [-0.15, -0.1) is 6.58 Å². The fraction of sp³-hybridized carbons (Fsp3) is 0.800. The van der Waals surface area contributed by atoms with Gasteiger partial charge in [0.05, 0.1) is 0 Å². The van der Waals surface area contributed by atoms with E-state index < -0.39 is 0 Å². The number of hydrogen-bond donors (Lipinski definition) is 0. The summed E-state index contributed by atoms with van der Waals surface area (Å²) in [6, 6.07) is 0. The zero-order chi connectivity index (χ0) is 15.4. The number of hydrogen-bond acceptors (Lipinski definition) is 1. The molecule has 1 nitrogen and oxygen atoms in total. The minimum Gasteiger partial charge on any atom is -0.381 e. The molecule has 1 heteroatoms. The Bertz CT molecular complexity index is 220. The van der Waals surface area contributed by atoms with Crippen LogP contribution in [0.5, 0.6) is 0 Å². The molecule has 0 aromatic heterocycles. The Morgan fingerprint density at radius 3 is 1.81 bits per heavy atom. The Hall–Kier alpha value is -0.560. The van der Waals surface area contributed by atoms with Crippen LogP contribution in [0, 0.1) is 0 Å². The first kappa shape index (κ1) is 20.4. The highest BCUT2D eigenvalue weighted by Gasteiger charge is 1.90. The zero-order valence-corrected chi connectivity index (χ0v) is 14.5. The molecule has 0 saturated heterocycles. The molecule has 0 radical (unpaired) electrons. The molecule has 21 heavy (non-hydrogen) atoms. The smallest absolute Gasteiger partial charge is 0.0466 e. The second kappa shape index (κ2) is 19.4. The van der Waals surface area contributed by atoms with E-state index >= 15 is 0 Å². The normalized spacial score (nSPS) is 11.3. The summed E-state index contributed by atoms with van der Waals surface area (Å²) < 4.78 is 5.55. The largest absolute Gasteiger partial charge is 0.381 e. The highest BCUT2D eigenvalue weighted by atomic mass is 16.5. The molecule has 0 rings (SSSR count). The van der Waals surface area contributed by atoms with Crippen LogP contribution in [-0.2, 0) is 4.74 Å². The molecule has 0 unspecified atom stereocenters. The Morgan fingerprint density at radius 2 is 1.19 bits per heavy atom. The summed E-state index contributed by atoms with van der Waals surface area (Å²) in [4.78, 5) is 0. The maximum Gasteiger partial charge on any atom is 0.0466 e. The maximum atomic E-state index is 5.55. The van der Waals surface area contributed by atoms with Gasteiger partial charge in [-0.1, -0.05) is 57.3 Å². The third kappa shape index (κ3) is 19.4. The third-order valence-corrected chi connectivity index (χ3v) is 3.75. The standard InChI is InChI=1S/C20H38O/c1-3-5-7-8-9-10-11-12-13-14-15-16-17-18-20-21-19-6-4-2/h3,14-15H,1,4-13,16-20H2,2H3. The van der Waals surface area contributed by atoms with Gasteiger partial charge in [0.1, 0.15) is 0 Å². The van der Waals surface area contributed by atoms with Gasteiger partial charge in [0.2, 0.25) is 0 Å². The van der Waals surface area contributed by atoms with E-state index in [-0.39, 0.29) is 0 Å². The number of allylic oxidation sites excluding steroid dienone is 3. The second-order valence-corrected chi connectivity index (χ2v) is 5.92. The van der Waals surface area contributed by atoms with Crippen molar-refractivity contribution in [1.29, 1.82) is 0 Å². The molecular formula is C20H38O. The van der Waals surface area contributed by atoms with Crippen molar-refractivity contribution in [3.05, 3.63) is 24.8 Å². The average Bonchev–Trinajstić information content (AvgIpc) is 2.50. The summed E-state index contributed by atoms with van der Waals surface area (Å²) in [5.74, 6) is 0. The summed E-state index contributed by atoms with van der Waals surface area (Å²) >= 11 is 0. The lowest BCUT2D eigenvalue weighted by molar-refractivity contribution is 0.128. The van der Waals surface area contributed by atoms with E-state index in [1.807, 2.05) is 6.08 Å². The molecule has 0 aliphatic heterocycles. The van der Waals surface area contributed by atoms with Gasteiger partial charge in [0.25, 0.3) is 0 Å². The minimum atomic E-state index is 0.944. The monoisotopic (exact) mass is 294 g/mol. The first-order valence-corrected chi connectivity index (χ1v) is 9.25. The minimum absolute atomic E-state index is 0.944. The van der Waals surface area contributed by atoms with E-state index in [0.717, 1.165) is 13.2 Å². The fourth-order valence-corrected chi connectivity index (χ4v) is 2.31. The van der Waals surface area contributed by atoms with E-state index in [1.54, 1.807) is 0 Å². The van der Waals surface area contributed by atoms with Crippen molar-refractivity contribution in [1.82, 2.24) is 0 Å². The van der Waals surface area contributed by atoms with Gasteiger partial charge < -0.3 is 4.74 Å². The predicted molar refractivity (Wildman–Crippen MR) is 95.9 cm³/mol. The van der Waals surface area contributed by atoms with Crippen molar-refractivity contribution >= 4 is 0 Å². The van der Waals surface area contributed by atoms with Crippen molar-refractivity contribution in [3.63, 3.8) is 0 Å². The molecule has 0 spiro atoms. The van der Waals surface area contributed by atoms with Gasteiger partial charge >= 0.3 is 0 Å². The van der Waals surface area contributed by atoms with Crippen molar-refractivity contribution in [2.45, 2.75) is 90.4 Å². The van der Waals surface area contributed by atoms with E-state index in [2.05, 4.69) is 25.7 Å². The van der Waals surface area contributed by atoms with E-state index in [4.69, 9.17) is 4.74 Å². The molecular weight excluding hydrogens is 256 g/mol. The number of unbranched alkanes of at least 4 members (excludes halogenated alkanes) is 10. The van der Waals surface area contributed by atoms with Crippen LogP contribution < -0.4 is 0 Å². The maximum absolute atomic E-state index is 5.55. The van der Waals surface area contributed by atoms with Crippen molar-refractivity contribution in [2.24, 2.45) is 0 Å². The van der Waals surface area contributed by atoms with Gasteiger partial charge in [-0.25, -0.2) is 0 Å². The zero-order valence-electron chi connectivity index (χ0n) is 14.5. The lowest BCUT2D eigenvalue weighted by Gasteiger charge is -2.01. The Labute approximate surface area is 133 Å². The molecule has 0 amide bonds. The first-order chi connectivity index (χ1) is 10.4. The van der Waals surface area contributed by atoms with Crippen LogP contribution in [0.15, 0.2) is 24.8 Å². The summed E-state index contributed by atoms with van der Waals surface area (Å²) in [6.45, 7) is 7.85. The molecule has 0 aliphatic rings. The van der Waals surface area contributed by atoms with Crippen molar-refractivity contribution < 1.29 is 4.74 Å². The number of rotatable bonds is 17. The van der Waals surface area contributed by atoms with Crippen LogP contribution in [0.4, 0.5) is 0 Å². The average molecular weight is 295 g/mol. The quantitative estimate of drug-likeness (QED) is 0.211. The number of ether oxygens (including phenoxy) is 1. The van der Waals surface area contributed by atoms with Gasteiger partial charge in [-0.05, 0) is 51.4 Å². The lowest BCUT2D eigenvalue weighted by Crippen LogP contribution is -1.95. The van der Waals surface area contributed by atoms with Crippen LogP contribution in [0.1, 0.15) is 90.4 Å². The van der Waals surface area contributed by atoms with E-state index in [9.17, 15) is 0 Å². The van der Waals surface area contributed by atoms with E-state index in [1.165, 1.54) is 83.5 Å². The molecule has 0 bridgehead atoms. The SMILES string of the molecule is C=CCCCCCCCCC=CCCCCOCCCC. The molecule has 0 heterocycles. The van der Waals surface area contributed by atoms with Crippen molar-refractivity contribution in [2.75, 3.05) is 13.2 Å². The molecule has 0 N–H and O–H groups in total. The lowest BCUT2D eigenvalue weighted by atomic mass is 10.1. The summed E-state index contributed by atoms with van der Waals surface area (Å²) in [7, 11) is 0. The van der Waals surface area contributed by atoms with Crippen LogP contribution in [0.25, 0.3) is 0 Å². The highest BCUT2D eigenvalue weighted by Crippen LogP contribution is 2.09. The molecule has 0 saturated carbocycles. The molecule has 0 aromatic rings. The van der Waals surface area contributed by atoms with Gasteiger partial charge in [0.15, 0.2) is 0 Å². The fourth-order valence-electron chi connectivity index (χ4n) is 2.31. The molecule has 0 fully saturated rings. The van der Waals surface area contributed by atoms with Gasteiger partial charge in [0, 0.05) is 13.2 Å². The van der Waals surface area contributed by atoms with Crippen LogP contribution in [0.2, 0.25) is 0 Å². The van der Waals surface area contributed by atoms with Gasteiger partial charge in [-0.2, -0.15) is 0 Å². The van der Waals surface area contributed by atoms with Crippen LogP contribution in [0.3, 0.4) is 0 Å². The highest BCUT2D eigenvalue weighted by molar-refractivity contribution is 4.81. The summed E-state index contributed by atoms with van der Waals surface area (Å²) in [5, 5.41) is 0. The van der Waals surface area contributed by atoms with E-state index in [0.29, 0.717) is 0 Å². The predicted octanol–water partition coefficient (Wildman–Crippen LogP) is 6.84. The second-order valence-electron chi connectivity index (χ2n) is 5.92. The molecule has 0 aromatic carbocycles. The summed E-state index contributed by atoms with van der Waals surface area (Å²) in [5.41, 5.74) is 0. The third-order valence-electron chi connectivity index (χ3n) is 3.75.